The van der Waals surface area contributed by atoms with Gasteiger partial charge in [0.25, 0.3) is 0 Å². The van der Waals surface area contributed by atoms with Crippen molar-refractivity contribution in [1.29, 1.82) is 0 Å². The molecule has 0 radical (unpaired) electrons. The summed E-state index contributed by atoms with van der Waals surface area (Å²) in [4.78, 5) is 36.1. The van der Waals surface area contributed by atoms with Crippen molar-refractivity contribution in [3.05, 3.63) is 29.1 Å². The summed E-state index contributed by atoms with van der Waals surface area (Å²) in [5.74, 6) is -1.12. The molecule has 2 aromatic rings. The number of hydrogen-bond donors (Lipinski definition) is 2. The lowest BCUT2D eigenvalue weighted by Gasteiger charge is -2.09. The Morgan fingerprint density at radius 2 is 1.91 bits per heavy atom. The van der Waals surface area contributed by atoms with Crippen LogP contribution in [-0.2, 0) is 9.59 Å². The highest BCUT2D eigenvalue weighted by Crippen LogP contribution is 2.28. The maximum absolute atomic E-state index is 11.9. The molecule has 0 saturated carbocycles. The number of benzene rings is 1. The summed E-state index contributed by atoms with van der Waals surface area (Å²) in [6.07, 6.45) is 1.10. The molecule has 0 aliphatic heterocycles. The van der Waals surface area contributed by atoms with Crippen LogP contribution in [0.4, 0.5) is 5.69 Å². The van der Waals surface area contributed by atoms with Crippen LogP contribution < -0.4 is 5.32 Å². The lowest BCUT2D eigenvalue weighted by Crippen LogP contribution is -2.21. The molecule has 1 aromatic heterocycles. The number of carboxylic acids is 1. The summed E-state index contributed by atoms with van der Waals surface area (Å²) in [5, 5.41) is 12.5. The highest BCUT2D eigenvalue weighted by molar-refractivity contribution is 7.20. The number of nitrogens with one attached hydrogen (secondary N) is 1. The first-order valence-electron chi connectivity index (χ1n) is 7.13. The zero-order valence-electron chi connectivity index (χ0n) is 13.0. The van der Waals surface area contributed by atoms with Gasteiger partial charge in [0.05, 0.1) is 0 Å². The first kappa shape index (κ1) is 17.0. The van der Waals surface area contributed by atoms with Gasteiger partial charge in [-0.1, -0.05) is 0 Å². The van der Waals surface area contributed by atoms with Crippen molar-refractivity contribution in [1.82, 2.24) is 4.90 Å². The van der Waals surface area contributed by atoms with Crippen molar-refractivity contribution in [2.24, 2.45) is 0 Å². The highest BCUT2D eigenvalue weighted by atomic mass is 32.1. The van der Waals surface area contributed by atoms with E-state index in [1.54, 1.807) is 38.4 Å². The summed E-state index contributed by atoms with van der Waals surface area (Å²) >= 11 is 1.20. The lowest BCUT2D eigenvalue weighted by molar-refractivity contribution is -0.128. The minimum Gasteiger partial charge on any atom is -0.477 e. The summed E-state index contributed by atoms with van der Waals surface area (Å²) in [5.41, 5.74) is 0.621. The molecule has 122 valence electrons. The van der Waals surface area contributed by atoms with E-state index in [1.807, 2.05) is 0 Å². The minimum atomic E-state index is -0.956. The number of fused-ring (bicyclic) bond motifs is 1. The summed E-state index contributed by atoms with van der Waals surface area (Å²) in [6, 6.07) is 6.87. The first-order chi connectivity index (χ1) is 10.9. The van der Waals surface area contributed by atoms with E-state index >= 15 is 0 Å². The van der Waals surface area contributed by atoms with Crippen LogP contribution in [0.25, 0.3) is 10.1 Å². The van der Waals surface area contributed by atoms with Crippen LogP contribution in [0.5, 0.6) is 0 Å². The molecule has 1 heterocycles. The Labute approximate surface area is 137 Å². The van der Waals surface area contributed by atoms with E-state index in [1.165, 1.54) is 16.2 Å². The largest absolute Gasteiger partial charge is 0.477 e. The van der Waals surface area contributed by atoms with Gasteiger partial charge in [-0.25, -0.2) is 4.79 Å². The SMILES string of the molecule is CN(C)C(=O)CCCC(=O)Nc1ccc2sc(C(=O)O)cc2c1. The molecule has 2 N–H and O–H groups in total. The highest BCUT2D eigenvalue weighted by Gasteiger charge is 2.10. The number of nitrogens with zero attached hydrogens (tertiary/aromatic N) is 1. The van der Waals surface area contributed by atoms with Crippen LogP contribution in [0.1, 0.15) is 28.9 Å². The van der Waals surface area contributed by atoms with E-state index in [-0.39, 0.29) is 23.1 Å². The van der Waals surface area contributed by atoms with E-state index in [4.69, 9.17) is 5.11 Å². The molecule has 1 aromatic carbocycles. The van der Waals surface area contributed by atoms with Gasteiger partial charge in [-0.2, -0.15) is 0 Å². The number of carboxylic acid groups (broad SMARTS) is 1. The molecule has 2 rings (SSSR count). The van der Waals surface area contributed by atoms with E-state index in [0.29, 0.717) is 18.5 Å². The fourth-order valence-electron chi connectivity index (χ4n) is 2.07. The maximum Gasteiger partial charge on any atom is 0.345 e. The van der Waals surface area contributed by atoms with Crippen molar-refractivity contribution >= 4 is 44.9 Å². The van der Waals surface area contributed by atoms with Gasteiger partial charge in [-0.3, -0.25) is 9.59 Å². The topological polar surface area (TPSA) is 86.7 Å². The third kappa shape index (κ3) is 4.53. The quantitative estimate of drug-likeness (QED) is 0.850. The monoisotopic (exact) mass is 334 g/mol. The number of carbonyl (C=O) groups excluding carboxylic acids is 2. The van der Waals surface area contributed by atoms with Crippen LogP contribution in [-0.4, -0.2) is 41.9 Å². The molecule has 0 fully saturated rings. The molecule has 6 nitrogen and oxygen atoms in total. The normalized spacial score (nSPS) is 10.5. The number of aromatic carboxylic acids is 1. The average Bonchev–Trinajstić information content (AvgIpc) is 2.90. The third-order valence-electron chi connectivity index (χ3n) is 3.30. The number of amides is 2. The molecule has 0 unspecified atom stereocenters. The van der Waals surface area contributed by atoms with E-state index in [0.717, 1.165) is 10.1 Å². The predicted octanol–water partition coefficient (Wildman–Crippen LogP) is 2.80. The molecule has 0 saturated heterocycles. The van der Waals surface area contributed by atoms with Crippen LogP contribution in [0, 0.1) is 0 Å². The Kier molecular flexibility index (Phi) is 5.33. The van der Waals surface area contributed by atoms with Gasteiger partial charge in [0.1, 0.15) is 4.88 Å². The van der Waals surface area contributed by atoms with Crippen LogP contribution in [0.15, 0.2) is 24.3 Å². The molecule has 0 atom stereocenters. The van der Waals surface area contributed by atoms with Crippen molar-refractivity contribution in [2.45, 2.75) is 19.3 Å². The molecule has 0 spiro atoms. The van der Waals surface area contributed by atoms with Crippen LogP contribution in [0.2, 0.25) is 0 Å². The smallest absolute Gasteiger partial charge is 0.345 e. The maximum atomic E-state index is 11.9. The number of carbonyl (C=O) groups is 3. The van der Waals surface area contributed by atoms with Crippen LogP contribution in [0.3, 0.4) is 0 Å². The summed E-state index contributed by atoms with van der Waals surface area (Å²) in [6.45, 7) is 0. The van der Waals surface area contributed by atoms with E-state index in [2.05, 4.69) is 5.32 Å². The van der Waals surface area contributed by atoms with E-state index in [9.17, 15) is 14.4 Å². The molecular formula is C16H18N2O4S. The van der Waals surface area contributed by atoms with Gasteiger partial charge < -0.3 is 15.3 Å². The van der Waals surface area contributed by atoms with Gasteiger partial charge in [0, 0.05) is 37.3 Å². The van der Waals surface area contributed by atoms with Crippen molar-refractivity contribution in [2.75, 3.05) is 19.4 Å². The molecule has 0 aliphatic rings. The Morgan fingerprint density at radius 1 is 1.17 bits per heavy atom. The van der Waals surface area contributed by atoms with E-state index < -0.39 is 5.97 Å². The first-order valence-corrected chi connectivity index (χ1v) is 7.95. The zero-order chi connectivity index (χ0) is 17.0. The molecule has 0 bridgehead atoms. The van der Waals surface area contributed by atoms with Crippen molar-refractivity contribution < 1.29 is 19.5 Å². The molecule has 23 heavy (non-hydrogen) atoms. The van der Waals surface area contributed by atoms with Gasteiger partial charge in [-0.15, -0.1) is 11.3 Å². The minimum absolute atomic E-state index is 0.00121. The molecule has 0 aliphatic carbocycles. The molecular weight excluding hydrogens is 316 g/mol. The van der Waals surface area contributed by atoms with Gasteiger partial charge in [0.2, 0.25) is 11.8 Å². The zero-order valence-corrected chi connectivity index (χ0v) is 13.8. The lowest BCUT2D eigenvalue weighted by atomic mass is 10.2. The number of thiophene rings is 1. The van der Waals surface area contributed by atoms with Gasteiger partial charge >= 0.3 is 5.97 Å². The number of rotatable bonds is 6. The molecule has 2 amide bonds. The van der Waals surface area contributed by atoms with Crippen molar-refractivity contribution in [3.63, 3.8) is 0 Å². The number of hydrogen-bond acceptors (Lipinski definition) is 4. The van der Waals surface area contributed by atoms with Gasteiger partial charge in [0.15, 0.2) is 0 Å². The summed E-state index contributed by atoms with van der Waals surface area (Å²) in [7, 11) is 3.37. The van der Waals surface area contributed by atoms with Gasteiger partial charge in [-0.05, 0) is 36.1 Å². The van der Waals surface area contributed by atoms with Crippen LogP contribution >= 0.6 is 11.3 Å². The fraction of sp³-hybridized carbons (Fsp3) is 0.312. The Bertz CT molecular complexity index is 752. The Balaban J connectivity index is 1.94. The second kappa shape index (κ2) is 7.23. The Morgan fingerprint density at radius 3 is 2.57 bits per heavy atom. The third-order valence-corrected chi connectivity index (χ3v) is 4.41. The average molecular weight is 334 g/mol. The fourth-order valence-corrected chi connectivity index (χ4v) is 2.96. The second-order valence-electron chi connectivity index (χ2n) is 5.36. The summed E-state index contributed by atoms with van der Waals surface area (Å²) < 4.78 is 0.858. The molecule has 7 heteroatoms. The number of anilines is 1. The Hall–Kier alpha value is -2.41. The second-order valence-corrected chi connectivity index (χ2v) is 6.44. The standard InChI is InChI=1S/C16H18N2O4S/c1-18(2)15(20)5-3-4-14(19)17-11-6-7-12-10(8-11)9-13(23-12)16(21)22/h6-9H,3-5H2,1-2H3,(H,17,19)(H,21,22). The predicted molar refractivity (Wildman–Crippen MR) is 90.0 cm³/mol. The van der Waals surface area contributed by atoms with Crippen molar-refractivity contribution in [3.8, 4) is 0 Å².